The van der Waals surface area contributed by atoms with Gasteiger partial charge in [-0.15, -0.1) is 0 Å². The van der Waals surface area contributed by atoms with Gasteiger partial charge in [-0.2, -0.15) is 5.10 Å². The Labute approximate surface area is 126 Å². The molecule has 0 aliphatic heterocycles. The van der Waals surface area contributed by atoms with Crippen molar-refractivity contribution >= 4 is 5.91 Å². The Kier molecular flexibility index (Phi) is 4.78. The van der Waals surface area contributed by atoms with Crippen molar-refractivity contribution in [1.82, 2.24) is 15.5 Å². The molecule has 2 N–H and O–H groups in total. The summed E-state index contributed by atoms with van der Waals surface area (Å²) in [5.41, 5.74) is 5.01. The van der Waals surface area contributed by atoms with E-state index in [1.807, 2.05) is 6.07 Å². The van der Waals surface area contributed by atoms with Gasteiger partial charge in [0.15, 0.2) is 0 Å². The lowest BCUT2D eigenvalue weighted by Crippen LogP contribution is -2.23. The molecule has 112 valence electrons. The number of H-pyrrole nitrogens is 1. The van der Waals surface area contributed by atoms with Gasteiger partial charge in [0.25, 0.3) is 5.91 Å². The molecule has 1 amide bonds. The summed E-state index contributed by atoms with van der Waals surface area (Å²) in [6, 6.07) is 8.07. The molecule has 0 unspecified atom stereocenters. The first-order valence-electron chi connectivity index (χ1n) is 7.34. The van der Waals surface area contributed by atoms with Gasteiger partial charge in [-0.25, -0.2) is 0 Å². The molecule has 0 fully saturated rings. The number of aromatic nitrogens is 2. The molecular formula is C17H23N3O. The van der Waals surface area contributed by atoms with Crippen molar-refractivity contribution in [3.8, 4) is 0 Å². The molecular weight excluding hydrogens is 262 g/mol. The van der Waals surface area contributed by atoms with E-state index in [9.17, 15) is 4.79 Å². The third kappa shape index (κ3) is 4.18. The van der Waals surface area contributed by atoms with Crippen molar-refractivity contribution in [2.75, 3.05) is 0 Å². The number of aromatic amines is 1. The van der Waals surface area contributed by atoms with Gasteiger partial charge in [0, 0.05) is 12.2 Å². The quantitative estimate of drug-likeness (QED) is 0.886. The summed E-state index contributed by atoms with van der Waals surface area (Å²) in [7, 11) is 0. The van der Waals surface area contributed by atoms with Crippen LogP contribution < -0.4 is 5.32 Å². The third-order valence-corrected chi connectivity index (χ3v) is 3.43. The summed E-state index contributed by atoms with van der Waals surface area (Å²) in [6.07, 6.45) is 0.900. The van der Waals surface area contributed by atoms with Crippen molar-refractivity contribution in [2.45, 2.75) is 40.7 Å². The highest BCUT2D eigenvalue weighted by Gasteiger charge is 2.11. The maximum absolute atomic E-state index is 12.1. The number of carbonyl (C=O) groups excluding carboxylic acids is 1. The molecule has 21 heavy (non-hydrogen) atoms. The molecule has 1 aromatic carbocycles. The summed E-state index contributed by atoms with van der Waals surface area (Å²) in [5.74, 6) is 0.401. The van der Waals surface area contributed by atoms with E-state index in [4.69, 9.17) is 0 Å². The van der Waals surface area contributed by atoms with Crippen molar-refractivity contribution in [2.24, 2.45) is 5.92 Å². The summed E-state index contributed by atoms with van der Waals surface area (Å²) in [5, 5.41) is 9.93. The minimum absolute atomic E-state index is 0.138. The van der Waals surface area contributed by atoms with E-state index in [0.717, 1.165) is 17.7 Å². The maximum atomic E-state index is 12.1. The molecule has 0 aliphatic carbocycles. The summed E-state index contributed by atoms with van der Waals surface area (Å²) in [6.45, 7) is 8.93. The van der Waals surface area contributed by atoms with E-state index in [-0.39, 0.29) is 5.91 Å². The van der Waals surface area contributed by atoms with E-state index in [0.29, 0.717) is 18.2 Å². The average molecular weight is 285 g/mol. The van der Waals surface area contributed by atoms with Crippen LogP contribution in [0.15, 0.2) is 24.3 Å². The van der Waals surface area contributed by atoms with Crippen LogP contribution in [0.3, 0.4) is 0 Å². The van der Waals surface area contributed by atoms with Crippen LogP contribution in [-0.2, 0) is 13.0 Å². The molecule has 0 aliphatic rings. The van der Waals surface area contributed by atoms with Crippen molar-refractivity contribution < 1.29 is 4.79 Å². The molecule has 0 saturated carbocycles. The zero-order chi connectivity index (χ0) is 15.4. The Morgan fingerprint density at radius 2 is 2.05 bits per heavy atom. The lowest BCUT2D eigenvalue weighted by atomic mass is 10.1. The smallest absolute Gasteiger partial charge is 0.272 e. The first-order valence-corrected chi connectivity index (χ1v) is 7.34. The second kappa shape index (κ2) is 6.57. The lowest BCUT2D eigenvalue weighted by Gasteiger charge is -2.07. The van der Waals surface area contributed by atoms with Gasteiger partial charge in [0.05, 0.1) is 0 Å². The fourth-order valence-corrected chi connectivity index (χ4v) is 2.33. The second-order valence-corrected chi connectivity index (χ2v) is 5.99. The molecule has 0 atom stereocenters. The van der Waals surface area contributed by atoms with Crippen LogP contribution in [0.5, 0.6) is 0 Å². The van der Waals surface area contributed by atoms with E-state index in [2.05, 4.69) is 61.4 Å². The van der Waals surface area contributed by atoms with E-state index < -0.39 is 0 Å². The van der Waals surface area contributed by atoms with E-state index >= 15 is 0 Å². The number of nitrogens with zero attached hydrogens (tertiary/aromatic N) is 1. The largest absolute Gasteiger partial charge is 0.347 e. The Bertz CT molecular complexity index is 629. The predicted octanol–water partition coefficient (Wildman–Crippen LogP) is 3.16. The zero-order valence-corrected chi connectivity index (χ0v) is 13.2. The van der Waals surface area contributed by atoms with Crippen LogP contribution >= 0.6 is 0 Å². The normalized spacial score (nSPS) is 10.9. The van der Waals surface area contributed by atoms with E-state index in [1.54, 1.807) is 0 Å². The summed E-state index contributed by atoms with van der Waals surface area (Å²) in [4.78, 5) is 12.1. The number of aryl methyl sites for hydroxylation is 2. The highest BCUT2D eigenvalue weighted by Crippen LogP contribution is 2.11. The van der Waals surface area contributed by atoms with Gasteiger partial charge in [-0.3, -0.25) is 9.89 Å². The Hall–Kier alpha value is -2.10. The fraction of sp³-hybridized carbons (Fsp3) is 0.412. The molecule has 0 spiro atoms. The van der Waals surface area contributed by atoms with Crippen LogP contribution in [0.2, 0.25) is 0 Å². The van der Waals surface area contributed by atoms with Crippen molar-refractivity contribution in [3.63, 3.8) is 0 Å². The standard InChI is InChI=1S/C17H23N3O/c1-11(2)7-15-9-16(20-19-15)17(21)18-10-14-6-5-12(3)8-13(14)4/h5-6,8-9,11H,7,10H2,1-4H3,(H,18,21)(H,19,20). The minimum atomic E-state index is -0.138. The van der Waals surface area contributed by atoms with Gasteiger partial charge in [0.2, 0.25) is 0 Å². The molecule has 1 aromatic heterocycles. The molecule has 1 heterocycles. The average Bonchev–Trinajstić information content (AvgIpc) is 2.85. The molecule has 0 radical (unpaired) electrons. The Morgan fingerprint density at radius 3 is 2.71 bits per heavy atom. The first kappa shape index (κ1) is 15.3. The number of hydrogen-bond donors (Lipinski definition) is 2. The number of carbonyl (C=O) groups is 1. The fourth-order valence-electron chi connectivity index (χ4n) is 2.33. The molecule has 2 rings (SSSR count). The topological polar surface area (TPSA) is 57.8 Å². The van der Waals surface area contributed by atoms with Crippen molar-refractivity contribution in [1.29, 1.82) is 0 Å². The summed E-state index contributed by atoms with van der Waals surface area (Å²) >= 11 is 0. The van der Waals surface area contributed by atoms with Crippen molar-refractivity contribution in [3.05, 3.63) is 52.3 Å². The van der Waals surface area contributed by atoms with Crippen LogP contribution in [0.25, 0.3) is 0 Å². The number of nitrogens with one attached hydrogen (secondary N) is 2. The minimum Gasteiger partial charge on any atom is -0.347 e. The SMILES string of the molecule is Cc1ccc(CNC(=O)c2cc(CC(C)C)[nH]n2)c(C)c1. The van der Waals surface area contributed by atoms with Gasteiger partial charge < -0.3 is 5.32 Å². The van der Waals surface area contributed by atoms with Crippen LogP contribution in [0.4, 0.5) is 0 Å². The molecule has 0 saturated heterocycles. The highest BCUT2D eigenvalue weighted by atomic mass is 16.1. The monoisotopic (exact) mass is 285 g/mol. The number of amides is 1. The molecule has 4 nitrogen and oxygen atoms in total. The van der Waals surface area contributed by atoms with Gasteiger partial charge in [-0.1, -0.05) is 37.6 Å². The van der Waals surface area contributed by atoms with Crippen LogP contribution in [0, 0.1) is 19.8 Å². The third-order valence-electron chi connectivity index (χ3n) is 3.43. The second-order valence-electron chi connectivity index (χ2n) is 5.99. The van der Waals surface area contributed by atoms with Crippen LogP contribution in [0.1, 0.15) is 46.7 Å². The lowest BCUT2D eigenvalue weighted by molar-refractivity contribution is 0.0946. The number of rotatable bonds is 5. The van der Waals surface area contributed by atoms with Crippen LogP contribution in [-0.4, -0.2) is 16.1 Å². The molecule has 2 aromatic rings. The van der Waals surface area contributed by atoms with Gasteiger partial charge >= 0.3 is 0 Å². The zero-order valence-electron chi connectivity index (χ0n) is 13.2. The van der Waals surface area contributed by atoms with Gasteiger partial charge in [-0.05, 0) is 43.4 Å². The Morgan fingerprint density at radius 1 is 1.29 bits per heavy atom. The highest BCUT2D eigenvalue weighted by molar-refractivity contribution is 5.92. The molecule has 4 heteroatoms. The number of hydrogen-bond acceptors (Lipinski definition) is 2. The molecule has 0 bridgehead atoms. The predicted molar refractivity (Wildman–Crippen MR) is 84.2 cm³/mol. The van der Waals surface area contributed by atoms with Gasteiger partial charge in [0.1, 0.15) is 5.69 Å². The Balaban J connectivity index is 1.96. The maximum Gasteiger partial charge on any atom is 0.272 e. The van der Waals surface area contributed by atoms with E-state index in [1.165, 1.54) is 11.1 Å². The summed E-state index contributed by atoms with van der Waals surface area (Å²) < 4.78 is 0. The number of benzene rings is 1. The first-order chi connectivity index (χ1) is 9.95.